The highest BCUT2D eigenvalue weighted by molar-refractivity contribution is 7.91. The molecule has 1 heterocycles. The van der Waals surface area contributed by atoms with Crippen LogP contribution in [0.25, 0.3) is 0 Å². The van der Waals surface area contributed by atoms with Crippen molar-refractivity contribution in [1.82, 2.24) is 4.90 Å². The average Bonchev–Trinajstić information content (AvgIpc) is 2.92. The summed E-state index contributed by atoms with van der Waals surface area (Å²) in [5, 5.41) is 0.719. The molecule has 7 heteroatoms. The van der Waals surface area contributed by atoms with Gasteiger partial charge in [-0.25, -0.2) is 8.42 Å². The first-order valence-electron chi connectivity index (χ1n) is 7.36. The molecular weight excluding hydrogens is 324 g/mol. The van der Waals surface area contributed by atoms with Gasteiger partial charge in [0, 0.05) is 24.0 Å². The zero-order valence-electron chi connectivity index (χ0n) is 12.4. The molecule has 22 heavy (non-hydrogen) atoms. The zero-order chi connectivity index (χ0) is 16.2. The standard InChI is InChI=1S/C15H21ClN2O3S/c16-13-5-2-1-4-12(13)14-6-3-8-18(14)9-11-22(20,21)10-7-15(17)19/h1-2,4-5,14H,3,6-11H2,(H2,17,19). The van der Waals surface area contributed by atoms with Gasteiger partial charge in [0.1, 0.15) is 0 Å². The lowest BCUT2D eigenvalue weighted by atomic mass is 10.0. The molecule has 1 aliphatic heterocycles. The highest BCUT2D eigenvalue weighted by atomic mass is 35.5. The number of carbonyl (C=O) groups excluding carboxylic acids is 1. The first-order chi connectivity index (χ1) is 10.4. The molecule has 0 aromatic heterocycles. The minimum Gasteiger partial charge on any atom is -0.370 e. The summed E-state index contributed by atoms with van der Waals surface area (Å²) in [5.74, 6) is -0.715. The molecule has 1 unspecified atom stereocenters. The summed E-state index contributed by atoms with van der Waals surface area (Å²) >= 11 is 6.25. The first-order valence-corrected chi connectivity index (χ1v) is 9.56. The van der Waals surface area contributed by atoms with E-state index >= 15 is 0 Å². The number of sulfone groups is 1. The number of likely N-dealkylation sites (tertiary alicyclic amines) is 1. The number of hydrogen-bond acceptors (Lipinski definition) is 4. The van der Waals surface area contributed by atoms with Crippen LogP contribution in [0.4, 0.5) is 0 Å². The third-order valence-electron chi connectivity index (χ3n) is 3.98. The Labute approximate surface area is 136 Å². The van der Waals surface area contributed by atoms with Crippen molar-refractivity contribution in [1.29, 1.82) is 0 Å². The van der Waals surface area contributed by atoms with Gasteiger partial charge in [0.15, 0.2) is 9.84 Å². The molecule has 0 bridgehead atoms. The molecule has 0 aliphatic carbocycles. The fraction of sp³-hybridized carbons (Fsp3) is 0.533. The molecule has 0 saturated carbocycles. The predicted octanol–water partition coefficient (Wildman–Crippen LogP) is 1.77. The highest BCUT2D eigenvalue weighted by Crippen LogP contribution is 2.35. The van der Waals surface area contributed by atoms with Gasteiger partial charge in [0.05, 0.1) is 11.5 Å². The van der Waals surface area contributed by atoms with Crippen molar-refractivity contribution in [3.8, 4) is 0 Å². The largest absolute Gasteiger partial charge is 0.370 e. The lowest BCUT2D eigenvalue weighted by Crippen LogP contribution is -2.30. The lowest BCUT2D eigenvalue weighted by molar-refractivity contribution is -0.117. The SMILES string of the molecule is NC(=O)CCS(=O)(=O)CCN1CCCC1c1ccccc1Cl. The van der Waals surface area contributed by atoms with E-state index in [0.29, 0.717) is 6.54 Å². The topological polar surface area (TPSA) is 80.5 Å². The molecule has 1 aromatic rings. The van der Waals surface area contributed by atoms with E-state index in [4.69, 9.17) is 17.3 Å². The van der Waals surface area contributed by atoms with Crippen LogP contribution in [0.5, 0.6) is 0 Å². The van der Waals surface area contributed by atoms with E-state index in [2.05, 4.69) is 4.90 Å². The Morgan fingerprint density at radius 1 is 1.32 bits per heavy atom. The molecule has 2 N–H and O–H groups in total. The van der Waals surface area contributed by atoms with Gasteiger partial charge in [-0.15, -0.1) is 0 Å². The van der Waals surface area contributed by atoms with Crippen molar-refractivity contribution in [2.24, 2.45) is 5.73 Å². The number of amides is 1. The molecular formula is C15H21ClN2O3S. The molecule has 1 saturated heterocycles. The second kappa shape index (κ2) is 7.44. The van der Waals surface area contributed by atoms with E-state index in [9.17, 15) is 13.2 Å². The van der Waals surface area contributed by atoms with Crippen molar-refractivity contribution in [2.45, 2.75) is 25.3 Å². The number of halogens is 1. The fourth-order valence-corrected chi connectivity index (χ4v) is 4.30. The molecule has 1 aliphatic rings. The van der Waals surface area contributed by atoms with E-state index in [1.165, 1.54) is 0 Å². The summed E-state index contributed by atoms with van der Waals surface area (Å²) in [6.07, 6.45) is 1.89. The number of nitrogens with two attached hydrogens (primary N) is 1. The zero-order valence-corrected chi connectivity index (χ0v) is 13.9. The van der Waals surface area contributed by atoms with E-state index in [1.54, 1.807) is 0 Å². The first kappa shape index (κ1) is 17.2. The minimum absolute atomic E-state index is 0.0429. The quantitative estimate of drug-likeness (QED) is 0.817. The van der Waals surface area contributed by atoms with E-state index < -0.39 is 15.7 Å². The van der Waals surface area contributed by atoms with Gasteiger partial charge in [0.2, 0.25) is 5.91 Å². The summed E-state index contributed by atoms with van der Waals surface area (Å²) in [4.78, 5) is 12.9. The van der Waals surface area contributed by atoms with Gasteiger partial charge in [-0.1, -0.05) is 29.8 Å². The normalized spacial score (nSPS) is 19.4. The van der Waals surface area contributed by atoms with Gasteiger partial charge >= 0.3 is 0 Å². The van der Waals surface area contributed by atoms with Gasteiger partial charge in [-0.05, 0) is 31.0 Å². The fourth-order valence-electron chi connectivity index (χ4n) is 2.81. The van der Waals surface area contributed by atoms with Crippen molar-refractivity contribution in [3.05, 3.63) is 34.9 Å². The Bertz CT molecular complexity index is 633. The third kappa shape index (κ3) is 4.69. The van der Waals surface area contributed by atoms with Crippen LogP contribution in [0.2, 0.25) is 5.02 Å². The molecule has 1 amide bonds. The third-order valence-corrected chi connectivity index (χ3v) is 5.95. The number of rotatable bonds is 7. The maximum atomic E-state index is 11.9. The van der Waals surface area contributed by atoms with Gasteiger partial charge < -0.3 is 5.73 Å². The Kier molecular flexibility index (Phi) is 5.83. The maximum Gasteiger partial charge on any atom is 0.218 e. The van der Waals surface area contributed by atoms with Crippen LogP contribution in [0.3, 0.4) is 0 Å². The molecule has 1 fully saturated rings. The molecule has 122 valence electrons. The number of benzene rings is 1. The second-order valence-corrected chi connectivity index (χ2v) is 8.29. The predicted molar refractivity (Wildman–Crippen MR) is 87.5 cm³/mol. The molecule has 0 spiro atoms. The van der Waals surface area contributed by atoms with Gasteiger partial charge in [0.25, 0.3) is 0 Å². The molecule has 5 nitrogen and oxygen atoms in total. The lowest BCUT2D eigenvalue weighted by Gasteiger charge is -2.25. The Morgan fingerprint density at radius 2 is 2.05 bits per heavy atom. The summed E-state index contributed by atoms with van der Waals surface area (Å²) in [5.41, 5.74) is 6.06. The monoisotopic (exact) mass is 344 g/mol. The Balaban J connectivity index is 1.97. The van der Waals surface area contributed by atoms with Crippen LogP contribution in [0, 0.1) is 0 Å². The maximum absolute atomic E-state index is 11.9. The number of primary amides is 1. The average molecular weight is 345 g/mol. The summed E-state index contributed by atoms with van der Waals surface area (Å²) < 4.78 is 23.9. The molecule has 1 atom stereocenters. The smallest absolute Gasteiger partial charge is 0.218 e. The summed E-state index contributed by atoms with van der Waals surface area (Å²) in [7, 11) is -3.26. The van der Waals surface area contributed by atoms with Gasteiger partial charge in [-0.3, -0.25) is 9.69 Å². The van der Waals surface area contributed by atoms with Crippen LogP contribution in [-0.4, -0.2) is 43.8 Å². The number of nitrogens with zero attached hydrogens (tertiary/aromatic N) is 1. The molecule has 2 rings (SSSR count). The second-order valence-electron chi connectivity index (χ2n) is 5.58. The molecule has 0 radical (unpaired) electrons. The van der Waals surface area contributed by atoms with Crippen molar-refractivity contribution < 1.29 is 13.2 Å². The van der Waals surface area contributed by atoms with Crippen LogP contribution in [-0.2, 0) is 14.6 Å². The van der Waals surface area contributed by atoms with Crippen LogP contribution >= 0.6 is 11.6 Å². The number of carbonyl (C=O) groups is 1. The number of hydrogen-bond donors (Lipinski definition) is 1. The Morgan fingerprint density at radius 3 is 2.73 bits per heavy atom. The minimum atomic E-state index is -3.26. The van der Waals surface area contributed by atoms with Crippen molar-refractivity contribution in [3.63, 3.8) is 0 Å². The summed E-state index contributed by atoms with van der Waals surface area (Å²) in [6, 6.07) is 7.85. The Hall–Kier alpha value is -1.11. The summed E-state index contributed by atoms with van der Waals surface area (Å²) in [6.45, 7) is 1.32. The van der Waals surface area contributed by atoms with Crippen LogP contribution in [0.1, 0.15) is 30.9 Å². The van der Waals surface area contributed by atoms with E-state index in [-0.39, 0.29) is 24.0 Å². The van der Waals surface area contributed by atoms with Crippen molar-refractivity contribution >= 4 is 27.3 Å². The van der Waals surface area contributed by atoms with Gasteiger partial charge in [-0.2, -0.15) is 0 Å². The van der Waals surface area contributed by atoms with E-state index in [0.717, 1.165) is 30.0 Å². The van der Waals surface area contributed by atoms with Crippen LogP contribution in [0.15, 0.2) is 24.3 Å². The van der Waals surface area contributed by atoms with E-state index in [1.807, 2.05) is 24.3 Å². The van der Waals surface area contributed by atoms with Crippen molar-refractivity contribution in [2.75, 3.05) is 24.6 Å². The molecule has 1 aromatic carbocycles. The van der Waals surface area contributed by atoms with Crippen LogP contribution < -0.4 is 5.73 Å². The highest BCUT2D eigenvalue weighted by Gasteiger charge is 2.28.